The number of fused-ring (bicyclic) bond motifs is 1. The Morgan fingerprint density at radius 1 is 1.24 bits per heavy atom. The lowest BCUT2D eigenvalue weighted by Crippen LogP contribution is -2.42. The summed E-state index contributed by atoms with van der Waals surface area (Å²) < 4.78 is 33.0. The van der Waals surface area contributed by atoms with Gasteiger partial charge in [-0.05, 0) is 48.9 Å². The fourth-order valence-corrected chi connectivity index (χ4v) is 2.79. The number of likely N-dealkylation sites (N-methyl/N-ethyl adjacent to an activating group) is 1. The van der Waals surface area contributed by atoms with Crippen molar-refractivity contribution in [2.45, 2.75) is 25.0 Å². The minimum absolute atomic E-state index is 0.0740. The summed E-state index contributed by atoms with van der Waals surface area (Å²) in [5.41, 5.74) is 1.52. The van der Waals surface area contributed by atoms with Gasteiger partial charge in [0.05, 0.1) is 0 Å². The Morgan fingerprint density at radius 3 is 2.81 bits per heavy atom. The lowest BCUT2D eigenvalue weighted by Gasteiger charge is -2.23. The van der Waals surface area contributed by atoms with E-state index in [-0.39, 0.29) is 18.0 Å². The highest BCUT2D eigenvalue weighted by atomic mass is 19.1. The summed E-state index contributed by atoms with van der Waals surface area (Å²) in [4.78, 5) is 0. The Bertz CT molecular complexity index is 619. The van der Waals surface area contributed by atoms with E-state index in [0.717, 1.165) is 23.8 Å². The van der Waals surface area contributed by atoms with Crippen molar-refractivity contribution >= 4 is 0 Å². The van der Waals surface area contributed by atoms with E-state index in [4.69, 9.17) is 4.74 Å². The highest BCUT2D eigenvalue weighted by molar-refractivity contribution is 5.38. The number of halogens is 2. The standard InChI is InChI=1S/C17H17F2NO/c1-20-15(9-12-8-13(18)6-7-14(12)19)17-10-11-4-2-3-5-16(11)21-17/h2-8,15,17,20H,9-10H2,1H3. The number of nitrogens with one attached hydrogen (secondary N) is 1. The van der Waals surface area contributed by atoms with Crippen LogP contribution < -0.4 is 10.1 Å². The molecule has 1 N–H and O–H groups in total. The van der Waals surface area contributed by atoms with Gasteiger partial charge in [0.25, 0.3) is 0 Å². The molecule has 0 aliphatic carbocycles. The molecule has 110 valence electrons. The highest BCUT2D eigenvalue weighted by Gasteiger charge is 2.29. The first-order valence-corrected chi connectivity index (χ1v) is 7.03. The van der Waals surface area contributed by atoms with Gasteiger partial charge in [-0.2, -0.15) is 0 Å². The van der Waals surface area contributed by atoms with Gasteiger partial charge in [-0.1, -0.05) is 18.2 Å². The molecule has 3 rings (SSSR count). The summed E-state index contributed by atoms with van der Waals surface area (Å²) in [5, 5.41) is 3.16. The molecule has 21 heavy (non-hydrogen) atoms. The van der Waals surface area contributed by atoms with Crippen LogP contribution >= 0.6 is 0 Å². The third kappa shape index (κ3) is 2.90. The number of para-hydroxylation sites is 1. The fourth-order valence-electron chi connectivity index (χ4n) is 2.79. The van der Waals surface area contributed by atoms with E-state index < -0.39 is 5.82 Å². The minimum atomic E-state index is -0.420. The molecule has 0 radical (unpaired) electrons. The Balaban J connectivity index is 1.76. The molecule has 0 fully saturated rings. The van der Waals surface area contributed by atoms with Crippen LogP contribution in [0.15, 0.2) is 42.5 Å². The average molecular weight is 289 g/mol. The number of benzene rings is 2. The minimum Gasteiger partial charge on any atom is -0.488 e. The number of ether oxygens (including phenoxy) is 1. The van der Waals surface area contributed by atoms with Crippen molar-refractivity contribution < 1.29 is 13.5 Å². The predicted molar refractivity (Wildman–Crippen MR) is 77.5 cm³/mol. The van der Waals surface area contributed by atoms with Gasteiger partial charge >= 0.3 is 0 Å². The van der Waals surface area contributed by atoms with Crippen LogP contribution in [0, 0.1) is 11.6 Å². The first-order chi connectivity index (χ1) is 10.2. The summed E-state index contributed by atoms with van der Waals surface area (Å²) >= 11 is 0. The van der Waals surface area contributed by atoms with Gasteiger partial charge in [0.2, 0.25) is 0 Å². The van der Waals surface area contributed by atoms with Crippen molar-refractivity contribution in [2.75, 3.05) is 7.05 Å². The normalized spacial score (nSPS) is 18.1. The van der Waals surface area contributed by atoms with Crippen LogP contribution in [-0.4, -0.2) is 19.2 Å². The van der Waals surface area contributed by atoms with Crippen molar-refractivity contribution in [2.24, 2.45) is 0 Å². The van der Waals surface area contributed by atoms with Crippen molar-refractivity contribution in [1.82, 2.24) is 5.32 Å². The smallest absolute Gasteiger partial charge is 0.126 e. The SMILES string of the molecule is CNC(Cc1cc(F)ccc1F)C1Cc2ccccc2O1. The van der Waals surface area contributed by atoms with Gasteiger partial charge in [0.1, 0.15) is 23.5 Å². The molecule has 0 aromatic heterocycles. The molecular formula is C17H17F2NO. The van der Waals surface area contributed by atoms with Crippen LogP contribution in [0.25, 0.3) is 0 Å². The molecule has 1 aliphatic rings. The highest BCUT2D eigenvalue weighted by Crippen LogP contribution is 2.30. The van der Waals surface area contributed by atoms with E-state index in [9.17, 15) is 8.78 Å². The largest absolute Gasteiger partial charge is 0.488 e. The third-order valence-corrected chi connectivity index (χ3v) is 3.94. The molecule has 0 amide bonds. The molecule has 0 saturated carbocycles. The van der Waals surface area contributed by atoms with Crippen LogP contribution in [0.2, 0.25) is 0 Å². The maximum Gasteiger partial charge on any atom is 0.126 e. The van der Waals surface area contributed by atoms with Crippen LogP contribution in [0.4, 0.5) is 8.78 Å². The van der Waals surface area contributed by atoms with Crippen LogP contribution in [-0.2, 0) is 12.8 Å². The predicted octanol–water partition coefficient (Wildman–Crippen LogP) is 3.10. The Hall–Kier alpha value is -1.94. The molecule has 2 aromatic rings. The Kier molecular flexibility index (Phi) is 3.88. The first kappa shape index (κ1) is 14.0. The van der Waals surface area contributed by atoms with Crippen molar-refractivity contribution in [3.05, 3.63) is 65.2 Å². The average Bonchev–Trinajstić information content (AvgIpc) is 2.91. The second-order valence-electron chi connectivity index (χ2n) is 5.30. The molecule has 0 spiro atoms. The number of hydrogen-bond donors (Lipinski definition) is 1. The molecule has 2 aromatic carbocycles. The van der Waals surface area contributed by atoms with E-state index in [2.05, 4.69) is 5.32 Å². The van der Waals surface area contributed by atoms with Crippen LogP contribution in [0.1, 0.15) is 11.1 Å². The van der Waals surface area contributed by atoms with Crippen LogP contribution in [0.3, 0.4) is 0 Å². The Labute approximate surface area is 122 Å². The number of hydrogen-bond acceptors (Lipinski definition) is 2. The van der Waals surface area contributed by atoms with E-state index in [1.54, 1.807) is 0 Å². The van der Waals surface area contributed by atoms with Crippen LogP contribution in [0.5, 0.6) is 5.75 Å². The van der Waals surface area contributed by atoms with E-state index in [1.807, 2.05) is 31.3 Å². The van der Waals surface area contributed by atoms with E-state index in [0.29, 0.717) is 12.0 Å². The van der Waals surface area contributed by atoms with Gasteiger partial charge in [0.15, 0.2) is 0 Å². The van der Waals surface area contributed by atoms with E-state index >= 15 is 0 Å². The zero-order valence-electron chi connectivity index (χ0n) is 11.8. The zero-order chi connectivity index (χ0) is 14.8. The molecule has 4 heteroatoms. The summed E-state index contributed by atoms with van der Waals surface area (Å²) in [6.45, 7) is 0. The summed E-state index contributed by atoms with van der Waals surface area (Å²) in [6.07, 6.45) is 1.09. The summed E-state index contributed by atoms with van der Waals surface area (Å²) in [6, 6.07) is 11.4. The second-order valence-corrected chi connectivity index (χ2v) is 5.30. The van der Waals surface area contributed by atoms with Gasteiger partial charge in [-0.15, -0.1) is 0 Å². The van der Waals surface area contributed by atoms with E-state index in [1.165, 1.54) is 12.1 Å². The fraction of sp³-hybridized carbons (Fsp3) is 0.294. The molecule has 0 bridgehead atoms. The zero-order valence-corrected chi connectivity index (χ0v) is 11.8. The lowest BCUT2D eigenvalue weighted by molar-refractivity contribution is 0.181. The molecule has 1 heterocycles. The van der Waals surface area contributed by atoms with Crippen molar-refractivity contribution in [3.8, 4) is 5.75 Å². The molecule has 1 aliphatic heterocycles. The summed E-state index contributed by atoms with van der Waals surface area (Å²) in [7, 11) is 1.81. The van der Waals surface area contributed by atoms with Gasteiger partial charge in [-0.25, -0.2) is 8.78 Å². The van der Waals surface area contributed by atoms with Gasteiger partial charge < -0.3 is 10.1 Å². The maximum absolute atomic E-state index is 13.8. The molecule has 2 unspecified atom stereocenters. The molecule has 2 nitrogen and oxygen atoms in total. The summed E-state index contributed by atoms with van der Waals surface area (Å²) in [5.74, 6) is 0.0755. The first-order valence-electron chi connectivity index (χ1n) is 7.03. The Morgan fingerprint density at radius 2 is 2.05 bits per heavy atom. The van der Waals surface area contributed by atoms with Crippen molar-refractivity contribution in [3.63, 3.8) is 0 Å². The lowest BCUT2D eigenvalue weighted by atomic mass is 9.97. The van der Waals surface area contributed by atoms with Crippen molar-refractivity contribution in [1.29, 1.82) is 0 Å². The molecular weight excluding hydrogens is 272 g/mol. The van der Waals surface area contributed by atoms with Gasteiger partial charge in [-0.3, -0.25) is 0 Å². The molecule has 0 saturated heterocycles. The quantitative estimate of drug-likeness (QED) is 0.934. The maximum atomic E-state index is 13.8. The number of rotatable bonds is 4. The second kappa shape index (κ2) is 5.82. The van der Waals surface area contributed by atoms with Gasteiger partial charge in [0, 0.05) is 12.5 Å². The topological polar surface area (TPSA) is 21.3 Å². The molecule has 2 atom stereocenters. The monoisotopic (exact) mass is 289 g/mol. The third-order valence-electron chi connectivity index (χ3n) is 3.94.